The van der Waals surface area contributed by atoms with E-state index in [1.807, 2.05) is 27.7 Å². The number of unbranched alkanes of at least 4 members (excludes halogenated alkanes) is 3. The summed E-state index contributed by atoms with van der Waals surface area (Å²) in [5, 5.41) is -0.109. The third kappa shape index (κ3) is 8.91. The van der Waals surface area contributed by atoms with Crippen molar-refractivity contribution in [1.82, 2.24) is 0 Å². The highest BCUT2D eigenvalue weighted by molar-refractivity contribution is 6.80. The minimum Gasteiger partial charge on any atom is -0.518 e. The average molecular weight is 477 g/mol. The van der Waals surface area contributed by atoms with Gasteiger partial charge < -0.3 is 17.7 Å². The Labute approximate surface area is 195 Å². The molecule has 0 N–H and O–H groups in total. The van der Waals surface area contributed by atoms with Crippen molar-refractivity contribution in [2.75, 3.05) is 19.8 Å². The molecular formula is C24H52O5Si2. The average Bonchev–Trinajstić information content (AvgIpc) is 2.62. The standard InChI is InChI=1S/C24H52O5Si2/c1-12-16-17-18-19-30(23(6,7)8,24(9,10)11)29-22(25)21(5)20-31(26-13-2,27-14-3)28-15-4/h21H,12-20H2,1-11H3. The van der Waals surface area contributed by atoms with Crippen LogP contribution in [0.2, 0.25) is 22.2 Å². The quantitative estimate of drug-likeness (QED) is 0.183. The van der Waals surface area contributed by atoms with Crippen LogP contribution in [-0.4, -0.2) is 42.9 Å². The number of carbonyl (C=O) groups is 1. The van der Waals surface area contributed by atoms with E-state index in [0.29, 0.717) is 25.9 Å². The summed E-state index contributed by atoms with van der Waals surface area (Å²) in [7, 11) is -5.37. The molecule has 0 aromatic heterocycles. The summed E-state index contributed by atoms with van der Waals surface area (Å²) >= 11 is 0. The molecule has 0 bridgehead atoms. The van der Waals surface area contributed by atoms with Crippen LogP contribution in [0.1, 0.15) is 102 Å². The van der Waals surface area contributed by atoms with Crippen LogP contribution < -0.4 is 0 Å². The molecule has 7 heteroatoms. The monoisotopic (exact) mass is 476 g/mol. The molecule has 0 fully saturated rings. The van der Waals surface area contributed by atoms with Crippen molar-refractivity contribution in [3.05, 3.63) is 0 Å². The second kappa shape index (κ2) is 13.5. The fourth-order valence-corrected chi connectivity index (χ4v) is 13.3. The molecule has 5 nitrogen and oxygen atoms in total. The van der Waals surface area contributed by atoms with E-state index in [-0.39, 0.29) is 22.0 Å². The lowest BCUT2D eigenvalue weighted by Gasteiger charge is -2.50. The minimum atomic E-state index is -2.91. The van der Waals surface area contributed by atoms with Crippen molar-refractivity contribution in [1.29, 1.82) is 0 Å². The lowest BCUT2D eigenvalue weighted by Crippen LogP contribution is -2.56. The van der Waals surface area contributed by atoms with E-state index in [9.17, 15) is 4.79 Å². The molecule has 0 amide bonds. The van der Waals surface area contributed by atoms with Gasteiger partial charge in [-0.1, -0.05) is 81.1 Å². The summed E-state index contributed by atoms with van der Waals surface area (Å²) < 4.78 is 24.6. The molecule has 0 spiro atoms. The zero-order valence-electron chi connectivity index (χ0n) is 22.5. The molecule has 31 heavy (non-hydrogen) atoms. The van der Waals surface area contributed by atoms with Crippen LogP contribution in [0.15, 0.2) is 0 Å². The molecular weight excluding hydrogens is 424 g/mol. The van der Waals surface area contributed by atoms with Gasteiger partial charge in [-0.15, -0.1) is 0 Å². The van der Waals surface area contributed by atoms with Crippen LogP contribution in [-0.2, 0) is 22.5 Å². The largest absolute Gasteiger partial charge is 0.518 e. The van der Waals surface area contributed by atoms with Crippen molar-refractivity contribution in [2.24, 2.45) is 5.92 Å². The van der Waals surface area contributed by atoms with Crippen LogP contribution in [0.25, 0.3) is 0 Å². The molecule has 0 aromatic carbocycles. The van der Waals surface area contributed by atoms with Crippen molar-refractivity contribution in [3.63, 3.8) is 0 Å². The van der Waals surface area contributed by atoms with Gasteiger partial charge in [0.25, 0.3) is 14.3 Å². The second-order valence-corrected chi connectivity index (χ2v) is 18.6. The van der Waals surface area contributed by atoms with Crippen LogP contribution in [0, 0.1) is 5.92 Å². The molecule has 0 rings (SSSR count). The van der Waals surface area contributed by atoms with E-state index in [4.69, 9.17) is 17.7 Å². The maximum Gasteiger partial charge on any atom is 0.501 e. The van der Waals surface area contributed by atoms with Crippen LogP contribution in [0.4, 0.5) is 0 Å². The van der Waals surface area contributed by atoms with Gasteiger partial charge >= 0.3 is 8.80 Å². The Morgan fingerprint density at radius 3 is 1.58 bits per heavy atom. The summed E-state index contributed by atoms with van der Waals surface area (Å²) in [6.07, 6.45) is 4.75. The third-order valence-corrected chi connectivity index (χ3v) is 15.9. The highest BCUT2D eigenvalue weighted by Crippen LogP contribution is 2.55. The Balaban J connectivity index is 5.78. The van der Waals surface area contributed by atoms with Gasteiger partial charge in [0.05, 0.1) is 5.92 Å². The minimum absolute atomic E-state index is 0.0544. The first-order valence-electron chi connectivity index (χ1n) is 12.4. The number of carbonyl (C=O) groups excluding carboxylic acids is 1. The maximum absolute atomic E-state index is 13.5. The van der Waals surface area contributed by atoms with Gasteiger partial charge in [-0.2, -0.15) is 0 Å². The molecule has 0 saturated heterocycles. The van der Waals surface area contributed by atoms with E-state index in [2.05, 4.69) is 48.5 Å². The maximum atomic E-state index is 13.5. The molecule has 1 atom stereocenters. The first-order valence-corrected chi connectivity index (χ1v) is 16.4. The third-order valence-electron chi connectivity index (χ3n) is 6.13. The first kappa shape index (κ1) is 30.8. The Kier molecular flexibility index (Phi) is 13.4. The van der Waals surface area contributed by atoms with Crippen molar-refractivity contribution in [3.8, 4) is 0 Å². The number of hydrogen-bond donors (Lipinski definition) is 0. The van der Waals surface area contributed by atoms with E-state index in [0.717, 1.165) is 12.5 Å². The van der Waals surface area contributed by atoms with Gasteiger partial charge in [-0.3, -0.25) is 4.79 Å². The SMILES string of the molecule is CCCCCC[Si](OC(=O)C(C)C[Si](OCC)(OCC)OCC)(C(C)(C)C)C(C)(C)C. The van der Waals surface area contributed by atoms with Crippen LogP contribution in [0.3, 0.4) is 0 Å². The van der Waals surface area contributed by atoms with Gasteiger partial charge in [-0.05, 0) is 36.9 Å². The summed E-state index contributed by atoms with van der Waals surface area (Å²) in [6, 6.07) is 1.46. The van der Waals surface area contributed by atoms with E-state index in [1.54, 1.807) is 0 Å². The highest BCUT2D eigenvalue weighted by atomic mass is 28.4. The Morgan fingerprint density at radius 1 is 0.774 bits per heavy atom. The molecule has 0 aromatic rings. The molecule has 0 saturated carbocycles. The molecule has 0 radical (unpaired) electrons. The van der Waals surface area contributed by atoms with Gasteiger partial charge in [0.1, 0.15) is 0 Å². The fraction of sp³-hybridized carbons (Fsp3) is 0.958. The normalized spacial score (nSPS) is 14.5. The van der Waals surface area contributed by atoms with Crippen LogP contribution in [0.5, 0.6) is 0 Å². The molecule has 1 unspecified atom stereocenters. The van der Waals surface area contributed by atoms with E-state index >= 15 is 0 Å². The highest BCUT2D eigenvalue weighted by Gasteiger charge is 2.57. The number of rotatable bonds is 15. The predicted molar refractivity (Wildman–Crippen MR) is 135 cm³/mol. The topological polar surface area (TPSA) is 54.0 Å². The van der Waals surface area contributed by atoms with Crippen LogP contribution >= 0.6 is 0 Å². The van der Waals surface area contributed by atoms with Gasteiger partial charge in [-0.25, -0.2) is 0 Å². The Morgan fingerprint density at radius 2 is 1.23 bits per heavy atom. The molecule has 0 aliphatic carbocycles. The Bertz CT molecular complexity index is 480. The first-order chi connectivity index (χ1) is 14.3. The van der Waals surface area contributed by atoms with Gasteiger partial charge in [0, 0.05) is 25.9 Å². The van der Waals surface area contributed by atoms with Gasteiger partial charge in [0.2, 0.25) is 0 Å². The second-order valence-electron chi connectivity index (χ2n) is 10.6. The molecule has 0 heterocycles. The summed E-state index contributed by atoms with van der Waals surface area (Å²) in [4.78, 5) is 13.5. The zero-order valence-corrected chi connectivity index (χ0v) is 24.5. The molecule has 186 valence electrons. The van der Waals surface area contributed by atoms with Gasteiger partial charge in [0.15, 0.2) is 0 Å². The van der Waals surface area contributed by atoms with Crippen molar-refractivity contribution in [2.45, 2.75) is 124 Å². The van der Waals surface area contributed by atoms with Crippen molar-refractivity contribution < 1.29 is 22.5 Å². The van der Waals surface area contributed by atoms with Crippen molar-refractivity contribution >= 4 is 23.1 Å². The fourth-order valence-electron chi connectivity index (χ4n) is 4.73. The summed E-state index contributed by atoms with van der Waals surface area (Å²) in [5.74, 6) is -0.452. The lowest BCUT2D eigenvalue weighted by molar-refractivity contribution is -0.140. The molecule has 0 aliphatic rings. The number of hydrogen-bond acceptors (Lipinski definition) is 5. The Hall–Kier alpha value is -0.216. The smallest absolute Gasteiger partial charge is 0.501 e. The predicted octanol–water partition coefficient (Wildman–Crippen LogP) is 7.34. The summed E-state index contributed by atoms with van der Waals surface area (Å²) in [5.41, 5.74) is 0. The summed E-state index contributed by atoms with van der Waals surface area (Å²) in [6.45, 7) is 25.0. The van der Waals surface area contributed by atoms with E-state index in [1.165, 1.54) is 19.3 Å². The van der Waals surface area contributed by atoms with E-state index < -0.39 is 17.1 Å². The molecule has 0 aliphatic heterocycles. The zero-order chi connectivity index (χ0) is 24.3. The lowest BCUT2D eigenvalue weighted by atomic mass is 10.2.